The standard InChI is InChI=1S/C17H25NO/c1-11(2)18-16-7-12(3)14(10-19)8-15(16)13(4)9-17(18,5)6/h7-8,10-11,13H,9H2,1-6H3/t13-/m0/s1. The summed E-state index contributed by atoms with van der Waals surface area (Å²) in [6.45, 7) is 13.4. The first-order valence-corrected chi connectivity index (χ1v) is 7.17. The Morgan fingerprint density at radius 3 is 2.53 bits per heavy atom. The molecule has 0 spiro atoms. The SMILES string of the molecule is Cc1cc2c(cc1C=O)[C@@H](C)CC(C)(C)N2C(C)C. The van der Waals surface area contributed by atoms with Gasteiger partial charge in [0, 0.05) is 22.8 Å². The molecule has 104 valence electrons. The Hall–Kier alpha value is -1.31. The van der Waals surface area contributed by atoms with Crippen molar-refractivity contribution in [1.29, 1.82) is 0 Å². The van der Waals surface area contributed by atoms with Crippen molar-refractivity contribution in [2.75, 3.05) is 4.90 Å². The lowest BCUT2D eigenvalue weighted by molar-refractivity contribution is 0.112. The van der Waals surface area contributed by atoms with E-state index in [0.29, 0.717) is 12.0 Å². The summed E-state index contributed by atoms with van der Waals surface area (Å²) in [7, 11) is 0. The van der Waals surface area contributed by atoms with Crippen molar-refractivity contribution in [2.45, 2.75) is 65.5 Å². The number of fused-ring (bicyclic) bond motifs is 1. The highest BCUT2D eigenvalue weighted by atomic mass is 16.1. The van der Waals surface area contributed by atoms with Gasteiger partial charge < -0.3 is 4.90 Å². The van der Waals surface area contributed by atoms with Crippen molar-refractivity contribution in [3.8, 4) is 0 Å². The summed E-state index contributed by atoms with van der Waals surface area (Å²) in [6, 6.07) is 4.74. The Morgan fingerprint density at radius 1 is 1.37 bits per heavy atom. The second-order valence-electron chi connectivity index (χ2n) is 6.77. The third-order valence-corrected chi connectivity index (χ3v) is 4.31. The fraction of sp³-hybridized carbons (Fsp3) is 0.588. The Kier molecular flexibility index (Phi) is 3.46. The van der Waals surface area contributed by atoms with Gasteiger partial charge in [0.1, 0.15) is 6.29 Å². The fourth-order valence-electron chi connectivity index (χ4n) is 3.72. The lowest BCUT2D eigenvalue weighted by atomic mass is 9.78. The molecule has 19 heavy (non-hydrogen) atoms. The Bertz CT molecular complexity index is 502. The minimum Gasteiger partial charge on any atom is -0.364 e. The first-order chi connectivity index (χ1) is 8.77. The molecule has 1 heterocycles. The molecule has 0 fully saturated rings. The van der Waals surface area contributed by atoms with E-state index in [9.17, 15) is 4.79 Å². The molecule has 0 bridgehead atoms. The summed E-state index contributed by atoms with van der Waals surface area (Å²) in [5, 5.41) is 0. The maximum absolute atomic E-state index is 11.1. The molecule has 1 aliphatic rings. The summed E-state index contributed by atoms with van der Waals surface area (Å²) in [5.74, 6) is 0.499. The van der Waals surface area contributed by atoms with Crippen LogP contribution in [0.15, 0.2) is 12.1 Å². The molecule has 0 saturated heterocycles. The molecule has 1 aromatic rings. The number of carbonyl (C=O) groups excluding carboxylic acids is 1. The van der Waals surface area contributed by atoms with Crippen LogP contribution in [0.4, 0.5) is 5.69 Å². The van der Waals surface area contributed by atoms with E-state index in [1.807, 2.05) is 6.92 Å². The van der Waals surface area contributed by atoms with Crippen molar-refractivity contribution in [3.63, 3.8) is 0 Å². The van der Waals surface area contributed by atoms with E-state index in [1.165, 1.54) is 11.3 Å². The first kappa shape index (κ1) is 14.1. The highest BCUT2D eigenvalue weighted by Crippen LogP contribution is 2.45. The van der Waals surface area contributed by atoms with Crippen molar-refractivity contribution in [3.05, 3.63) is 28.8 Å². The van der Waals surface area contributed by atoms with Crippen molar-refractivity contribution in [1.82, 2.24) is 0 Å². The number of nitrogens with zero attached hydrogens (tertiary/aromatic N) is 1. The van der Waals surface area contributed by atoms with Gasteiger partial charge in [0.2, 0.25) is 0 Å². The van der Waals surface area contributed by atoms with Crippen LogP contribution >= 0.6 is 0 Å². The summed E-state index contributed by atoms with van der Waals surface area (Å²) < 4.78 is 0. The summed E-state index contributed by atoms with van der Waals surface area (Å²) in [4.78, 5) is 13.7. The molecule has 2 rings (SSSR count). The smallest absolute Gasteiger partial charge is 0.150 e. The zero-order valence-electron chi connectivity index (χ0n) is 12.9. The van der Waals surface area contributed by atoms with Crippen LogP contribution in [0.25, 0.3) is 0 Å². The number of hydrogen-bond acceptors (Lipinski definition) is 2. The molecule has 1 aliphatic heterocycles. The van der Waals surface area contributed by atoms with Crippen LogP contribution in [0.5, 0.6) is 0 Å². The molecule has 2 heteroatoms. The molecule has 0 radical (unpaired) electrons. The summed E-state index contributed by atoms with van der Waals surface area (Å²) >= 11 is 0. The van der Waals surface area contributed by atoms with Crippen LogP contribution in [0.2, 0.25) is 0 Å². The summed E-state index contributed by atoms with van der Waals surface area (Å²) in [6.07, 6.45) is 2.10. The van der Waals surface area contributed by atoms with Crippen LogP contribution in [-0.2, 0) is 0 Å². The lowest BCUT2D eigenvalue weighted by Gasteiger charge is -2.50. The average molecular weight is 259 g/mol. The lowest BCUT2D eigenvalue weighted by Crippen LogP contribution is -2.51. The van der Waals surface area contributed by atoms with E-state index in [2.05, 4.69) is 51.7 Å². The minimum atomic E-state index is 0.162. The van der Waals surface area contributed by atoms with Crippen molar-refractivity contribution < 1.29 is 4.79 Å². The molecule has 0 aromatic heterocycles. The predicted octanol–water partition coefficient (Wildman–Crippen LogP) is 4.31. The molecule has 1 aromatic carbocycles. The van der Waals surface area contributed by atoms with Gasteiger partial charge in [-0.2, -0.15) is 0 Å². The molecule has 0 N–H and O–H groups in total. The number of carbonyl (C=O) groups is 1. The number of rotatable bonds is 2. The zero-order valence-corrected chi connectivity index (χ0v) is 12.9. The molecule has 0 unspecified atom stereocenters. The molecule has 0 amide bonds. The molecular weight excluding hydrogens is 234 g/mol. The Morgan fingerprint density at radius 2 is 2.00 bits per heavy atom. The van der Waals surface area contributed by atoms with Crippen LogP contribution in [0.1, 0.15) is 68.4 Å². The minimum absolute atomic E-state index is 0.162. The quantitative estimate of drug-likeness (QED) is 0.738. The van der Waals surface area contributed by atoms with Gasteiger partial charge in [-0.15, -0.1) is 0 Å². The van der Waals surface area contributed by atoms with Gasteiger partial charge in [-0.1, -0.05) is 6.92 Å². The average Bonchev–Trinajstić information content (AvgIpc) is 2.26. The van der Waals surface area contributed by atoms with Gasteiger partial charge in [-0.25, -0.2) is 0 Å². The van der Waals surface area contributed by atoms with Crippen molar-refractivity contribution >= 4 is 12.0 Å². The van der Waals surface area contributed by atoms with E-state index < -0.39 is 0 Å². The van der Waals surface area contributed by atoms with E-state index in [0.717, 1.165) is 23.8 Å². The topological polar surface area (TPSA) is 20.3 Å². The molecule has 2 nitrogen and oxygen atoms in total. The van der Waals surface area contributed by atoms with Crippen LogP contribution in [0.3, 0.4) is 0 Å². The maximum Gasteiger partial charge on any atom is 0.150 e. The van der Waals surface area contributed by atoms with Gasteiger partial charge in [-0.05, 0) is 70.2 Å². The monoisotopic (exact) mass is 259 g/mol. The molecule has 0 aliphatic carbocycles. The number of aryl methyl sites for hydroxylation is 1. The van der Waals surface area contributed by atoms with E-state index >= 15 is 0 Å². The van der Waals surface area contributed by atoms with Crippen LogP contribution in [-0.4, -0.2) is 17.9 Å². The van der Waals surface area contributed by atoms with Crippen LogP contribution < -0.4 is 4.90 Å². The molecule has 0 saturated carbocycles. The summed E-state index contributed by atoms with van der Waals surface area (Å²) in [5.41, 5.74) is 4.69. The van der Waals surface area contributed by atoms with Gasteiger partial charge >= 0.3 is 0 Å². The third kappa shape index (κ3) is 2.29. The van der Waals surface area contributed by atoms with E-state index in [4.69, 9.17) is 0 Å². The number of hydrogen-bond donors (Lipinski definition) is 0. The second kappa shape index (κ2) is 4.66. The highest BCUT2D eigenvalue weighted by molar-refractivity contribution is 5.80. The van der Waals surface area contributed by atoms with Crippen LogP contribution in [0, 0.1) is 6.92 Å². The normalized spacial score (nSPS) is 21.4. The Labute approximate surface area is 116 Å². The highest BCUT2D eigenvalue weighted by Gasteiger charge is 2.37. The first-order valence-electron chi connectivity index (χ1n) is 7.17. The third-order valence-electron chi connectivity index (χ3n) is 4.31. The van der Waals surface area contributed by atoms with Gasteiger partial charge in [-0.3, -0.25) is 4.79 Å². The number of anilines is 1. The van der Waals surface area contributed by atoms with Gasteiger partial charge in [0.25, 0.3) is 0 Å². The van der Waals surface area contributed by atoms with E-state index in [1.54, 1.807) is 0 Å². The zero-order chi connectivity index (χ0) is 14.4. The van der Waals surface area contributed by atoms with Gasteiger partial charge in [0.15, 0.2) is 0 Å². The fourth-order valence-corrected chi connectivity index (χ4v) is 3.72. The predicted molar refractivity (Wildman–Crippen MR) is 81.3 cm³/mol. The largest absolute Gasteiger partial charge is 0.364 e. The molecular formula is C17H25NO. The number of benzene rings is 1. The molecule has 1 atom stereocenters. The van der Waals surface area contributed by atoms with E-state index in [-0.39, 0.29) is 5.54 Å². The Balaban J connectivity index is 2.65. The number of aldehydes is 1. The van der Waals surface area contributed by atoms with Gasteiger partial charge in [0.05, 0.1) is 0 Å². The second-order valence-corrected chi connectivity index (χ2v) is 6.77. The van der Waals surface area contributed by atoms with Crippen molar-refractivity contribution in [2.24, 2.45) is 0 Å². The maximum atomic E-state index is 11.1.